The van der Waals surface area contributed by atoms with Gasteiger partial charge in [0.1, 0.15) is 0 Å². The van der Waals surface area contributed by atoms with Crippen molar-refractivity contribution >= 4 is 16.1 Å². The topological polar surface area (TPSA) is 91.8 Å². The lowest BCUT2D eigenvalue weighted by Crippen LogP contribution is -2.52. The van der Waals surface area contributed by atoms with Crippen LogP contribution in [0.5, 0.6) is 0 Å². The highest BCUT2D eigenvalue weighted by Gasteiger charge is 2.37. The van der Waals surface area contributed by atoms with Crippen LogP contribution in [0.15, 0.2) is 24.5 Å². The summed E-state index contributed by atoms with van der Waals surface area (Å²) >= 11 is 0. The minimum absolute atomic E-state index is 0.0882. The van der Waals surface area contributed by atoms with Gasteiger partial charge in [0.15, 0.2) is 0 Å². The van der Waals surface area contributed by atoms with Gasteiger partial charge in [-0.25, -0.2) is 0 Å². The fourth-order valence-corrected chi connectivity index (χ4v) is 4.22. The lowest BCUT2D eigenvalue weighted by Gasteiger charge is -2.37. The predicted molar refractivity (Wildman–Crippen MR) is 103 cm³/mol. The molecular formula is C18H30N4O4S. The van der Waals surface area contributed by atoms with E-state index in [9.17, 15) is 13.2 Å². The second kappa shape index (κ2) is 9.59. The minimum Gasteiger partial charge on any atom is -0.380 e. The summed E-state index contributed by atoms with van der Waals surface area (Å²) in [6.07, 6.45) is 4.80. The van der Waals surface area contributed by atoms with Gasteiger partial charge in [-0.05, 0) is 43.9 Å². The van der Waals surface area contributed by atoms with Crippen LogP contribution in [0.1, 0.15) is 31.7 Å². The summed E-state index contributed by atoms with van der Waals surface area (Å²) in [6.45, 7) is 3.12. The van der Waals surface area contributed by atoms with E-state index in [0.29, 0.717) is 32.4 Å². The molecule has 8 nitrogen and oxygen atoms in total. The number of amides is 1. The Morgan fingerprint density at radius 3 is 2.52 bits per heavy atom. The van der Waals surface area contributed by atoms with E-state index < -0.39 is 10.2 Å². The van der Waals surface area contributed by atoms with Crippen LogP contribution in [-0.2, 0) is 26.3 Å². The number of ether oxygens (including phenoxy) is 1. The van der Waals surface area contributed by atoms with Crippen LogP contribution in [0.3, 0.4) is 0 Å². The zero-order valence-corrected chi connectivity index (χ0v) is 17.3. The number of carbonyl (C=O) groups is 1. The number of carbonyl (C=O) groups excluding carboxylic acids is 1. The highest BCUT2D eigenvalue weighted by molar-refractivity contribution is 7.87. The van der Waals surface area contributed by atoms with Crippen LogP contribution in [0, 0.1) is 5.92 Å². The summed E-state index contributed by atoms with van der Waals surface area (Å²) in [7, 11) is 0.988. The summed E-state index contributed by atoms with van der Waals surface area (Å²) in [5.41, 5.74) is 1.04. The summed E-state index contributed by atoms with van der Waals surface area (Å²) in [4.78, 5) is 18.8. The lowest BCUT2D eigenvalue weighted by molar-refractivity contribution is -0.139. The van der Waals surface area contributed by atoms with Crippen molar-refractivity contribution in [2.75, 3.05) is 27.7 Å². The van der Waals surface area contributed by atoms with Crippen molar-refractivity contribution < 1.29 is 17.9 Å². The molecule has 1 aromatic heterocycles. The van der Waals surface area contributed by atoms with Crippen molar-refractivity contribution in [3.05, 3.63) is 30.1 Å². The molecule has 1 fully saturated rings. The zero-order chi connectivity index (χ0) is 20.0. The Hall–Kier alpha value is -1.55. The Morgan fingerprint density at radius 1 is 1.30 bits per heavy atom. The molecule has 1 heterocycles. The van der Waals surface area contributed by atoms with E-state index in [1.165, 1.54) is 14.1 Å². The van der Waals surface area contributed by atoms with Crippen LogP contribution in [-0.4, -0.2) is 68.4 Å². The molecule has 152 valence electrons. The number of rotatable bonds is 8. The van der Waals surface area contributed by atoms with Gasteiger partial charge in [-0.1, -0.05) is 0 Å². The Bertz CT molecular complexity index is 711. The van der Waals surface area contributed by atoms with Gasteiger partial charge in [0.05, 0.1) is 6.10 Å². The van der Waals surface area contributed by atoms with E-state index in [1.54, 1.807) is 19.5 Å². The molecule has 1 N–H and O–H groups in total. The highest BCUT2D eigenvalue weighted by atomic mass is 32.2. The summed E-state index contributed by atoms with van der Waals surface area (Å²) in [6, 6.07) is 3.48. The van der Waals surface area contributed by atoms with Crippen molar-refractivity contribution in [2.24, 2.45) is 5.92 Å². The molecule has 3 atom stereocenters. The molecule has 2 rings (SSSR count). The Morgan fingerprint density at radius 2 is 1.96 bits per heavy atom. The number of aromatic nitrogens is 1. The first-order chi connectivity index (χ1) is 12.8. The molecule has 27 heavy (non-hydrogen) atoms. The smallest absolute Gasteiger partial charge is 0.279 e. The molecule has 1 aromatic rings. The van der Waals surface area contributed by atoms with Gasteiger partial charge in [0.25, 0.3) is 10.2 Å². The first-order valence-electron chi connectivity index (χ1n) is 9.18. The Balaban J connectivity index is 2.02. The van der Waals surface area contributed by atoms with Crippen LogP contribution in [0.2, 0.25) is 0 Å². The first-order valence-corrected chi connectivity index (χ1v) is 10.6. The Kier molecular flexibility index (Phi) is 7.72. The van der Waals surface area contributed by atoms with E-state index in [2.05, 4.69) is 9.71 Å². The number of pyridine rings is 1. The first kappa shape index (κ1) is 21.7. The standard InChI is InChI=1S/C18H30N4O4S/c1-5-22(13-14-8-10-19-11-9-14)18(23)15-6-7-16(17(12-15)26-4)20-27(24,25)21(2)3/h8-11,15-17,20H,5-7,12-13H2,1-4H3/t15-,16-,17-/m0/s1. The molecule has 1 amide bonds. The van der Waals surface area contributed by atoms with Gasteiger partial charge < -0.3 is 9.64 Å². The van der Waals surface area contributed by atoms with Gasteiger partial charge in [-0.15, -0.1) is 0 Å². The lowest BCUT2D eigenvalue weighted by atomic mass is 9.83. The maximum absolute atomic E-state index is 13.0. The van der Waals surface area contributed by atoms with Crippen molar-refractivity contribution in [3.8, 4) is 0 Å². The van der Waals surface area contributed by atoms with E-state index >= 15 is 0 Å². The monoisotopic (exact) mass is 398 g/mol. The summed E-state index contributed by atoms with van der Waals surface area (Å²) in [5, 5.41) is 0. The molecule has 0 spiro atoms. The maximum Gasteiger partial charge on any atom is 0.279 e. The molecule has 0 saturated heterocycles. The quantitative estimate of drug-likeness (QED) is 0.706. The second-order valence-corrected chi connectivity index (χ2v) is 8.92. The normalized spacial score (nSPS) is 23.4. The molecule has 0 radical (unpaired) electrons. The van der Waals surface area contributed by atoms with E-state index in [-0.39, 0.29) is 24.0 Å². The number of nitrogens with one attached hydrogen (secondary N) is 1. The summed E-state index contributed by atoms with van der Waals surface area (Å²) in [5.74, 6) is -0.0814. The fraction of sp³-hybridized carbons (Fsp3) is 0.667. The molecule has 0 aromatic carbocycles. The largest absolute Gasteiger partial charge is 0.380 e. The second-order valence-electron chi connectivity index (χ2n) is 7.00. The number of nitrogens with zero attached hydrogens (tertiary/aromatic N) is 3. The van der Waals surface area contributed by atoms with E-state index in [1.807, 2.05) is 24.0 Å². The molecule has 1 aliphatic carbocycles. The van der Waals surface area contributed by atoms with E-state index in [0.717, 1.165) is 9.87 Å². The minimum atomic E-state index is -3.54. The predicted octanol–water partition coefficient (Wildman–Crippen LogP) is 1.01. The molecule has 1 saturated carbocycles. The van der Waals surface area contributed by atoms with Crippen LogP contribution in [0.4, 0.5) is 0 Å². The fourth-order valence-electron chi connectivity index (χ4n) is 3.36. The number of methoxy groups -OCH3 is 1. The van der Waals surface area contributed by atoms with Crippen LogP contribution < -0.4 is 4.72 Å². The Labute approximate surface area is 162 Å². The van der Waals surface area contributed by atoms with Gasteiger partial charge in [-0.2, -0.15) is 17.4 Å². The van der Waals surface area contributed by atoms with Gasteiger partial charge in [-0.3, -0.25) is 9.78 Å². The van der Waals surface area contributed by atoms with Crippen LogP contribution >= 0.6 is 0 Å². The van der Waals surface area contributed by atoms with Gasteiger partial charge in [0.2, 0.25) is 5.91 Å². The van der Waals surface area contributed by atoms with Crippen molar-refractivity contribution in [2.45, 2.75) is 44.9 Å². The third kappa shape index (κ3) is 5.71. The molecule has 9 heteroatoms. The summed E-state index contributed by atoms with van der Waals surface area (Å²) < 4.78 is 33.6. The van der Waals surface area contributed by atoms with Gasteiger partial charge >= 0.3 is 0 Å². The van der Waals surface area contributed by atoms with Crippen molar-refractivity contribution in [1.29, 1.82) is 0 Å². The van der Waals surface area contributed by atoms with Crippen molar-refractivity contribution in [1.82, 2.24) is 18.9 Å². The zero-order valence-electron chi connectivity index (χ0n) is 16.5. The maximum atomic E-state index is 13.0. The average Bonchev–Trinajstić information content (AvgIpc) is 2.66. The van der Waals surface area contributed by atoms with Crippen LogP contribution in [0.25, 0.3) is 0 Å². The van der Waals surface area contributed by atoms with E-state index in [4.69, 9.17) is 4.74 Å². The third-order valence-electron chi connectivity index (χ3n) is 5.04. The molecule has 0 aliphatic heterocycles. The average molecular weight is 399 g/mol. The van der Waals surface area contributed by atoms with Gasteiger partial charge in [0, 0.05) is 58.6 Å². The molecule has 0 unspecified atom stereocenters. The molecule has 0 bridgehead atoms. The SMILES string of the molecule is CCN(Cc1ccncc1)C(=O)[C@H]1CC[C@H](NS(=O)(=O)N(C)C)[C@@H](OC)C1. The number of hydrogen-bond donors (Lipinski definition) is 1. The number of hydrogen-bond acceptors (Lipinski definition) is 5. The molecule has 1 aliphatic rings. The van der Waals surface area contributed by atoms with Crippen molar-refractivity contribution in [3.63, 3.8) is 0 Å². The highest BCUT2D eigenvalue weighted by Crippen LogP contribution is 2.29. The molecular weight excluding hydrogens is 368 g/mol. The third-order valence-corrected chi connectivity index (χ3v) is 6.60.